The van der Waals surface area contributed by atoms with Crippen molar-refractivity contribution >= 4 is 12.5 Å². The number of hydrogen-bond acceptors (Lipinski definition) is 5. The molecule has 0 bridgehead atoms. The molecule has 130 valence electrons. The van der Waals surface area contributed by atoms with E-state index in [1.807, 2.05) is 27.7 Å². The van der Waals surface area contributed by atoms with Crippen molar-refractivity contribution in [1.29, 1.82) is 0 Å². The van der Waals surface area contributed by atoms with Gasteiger partial charge in [0.1, 0.15) is 5.60 Å². The fraction of sp³-hybridized carbons (Fsp3) is 0.867. The van der Waals surface area contributed by atoms with E-state index in [2.05, 4.69) is 10.6 Å². The van der Waals surface area contributed by atoms with E-state index in [1.54, 1.807) is 12.0 Å². The molecule has 0 aliphatic heterocycles. The van der Waals surface area contributed by atoms with Crippen LogP contribution in [0.25, 0.3) is 0 Å². The summed E-state index contributed by atoms with van der Waals surface area (Å²) in [5, 5.41) is 5.96. The lowest BCUT2D eigenvalue weighted by atomic mass is 10.2. The second-order valence-corrected chi connectivity index (χ2v) is 6.04. The van der Waals surface area contributed by atoms with Gasteiger partial charge in [-0.15, -0.1) is 0 Å². The number of rotatable bonds is 11. The average molecular weight is 317 g/mol. The van der Waals surface area contributed by atoms with Gasteiger partial charge in [0.15, 0.2) is 0 Å². The average Bonchev–Trinajstić information content (AvgIpc) is 2.44. The lowest BCUT2D eigenvalue weighted by Crippen LogP contribution is -2.39. The SMILES string of the molecule is CCN(C=O)C[C@H](CNCCCNC(=O)OC(C)(C)C)OC. The topological polar surface area (TPSA) is 79.9 Å². The molecule has 0 aromatic heterocycles. The highest BCUT2D eigenvalue weighted by molar-refractivity contribution is 5.67. The number of carbonyl (C=O) groups excluding carboxylic acids is 2. The first-order valence-corrected chi connectivity index (χ1v) is 7.72. The predicted molar refractivity (Wildman–Crippen MR) is 85.8 cm³/mol. The Hall–Kier alpha value is -1.34. The minimum absolute atomic E-state index is 0.0380. The van der Waals surface area contributed by atoms with Crippen molar-refractivity contribution in [2.24, 2.45) is 0 Å². The van der Waals surface area contributed by atoms with Crippen LogP contribution in [0.1, 0.15) is 34.1 Å². The number of hydrogen-bond donors (Lipinski definition) is 2. The highest BCUT2D eigenvalue weighted by atomic mass is 16.6. The minimum Gasteiger partial charge on any atom is -0.444 e. The first-order chi connectivity index (χ1) is 10.3. The molecule has 22 heavy (non-hydrogen) atoms. The summed E-state index contributed by atoms with van der Waals surface area (Å²) in [5.74, 6) is 0. The van der Waals surface area contributed by atoms with Crippen LogP contribution in [0.4, 0.5) is 4.79 Å². The Kier molecular flexibility index (Phi) is 10.6. The Morgan fingerprint density at radius 3 is 2.50 bits per heavy atom. The zero-order valence-corrected chi connectivity index (χ0v) is 14.5. The molecule has 0 aliphatic carbocycles. The maximum absolute atomic E-state index is 11.4. The molecular formula is C15H31N3O4. The predicted octanol–water partition coefficient (Wildman–Crippen LogP) is 0.984. The van der Waals surface area contributed by atoms with Gasteiger partial charge in [0, 0.05) is 33.3 Å². The van der Waals surface area contributed by atoms with Gasteiger partial charge in [0.05, 0.1) is 6.10 Å². The number of methoxy groups -OCH3 is 1. The van der Waals surface area contributed by atoms with Crippen molar-refractivity contribution < 1.29 is 19.1 Å². The molecule has 0 aromatic rings. The zero-order valence-electron chi connectivity index (χ0n) is 14.5. The molecule has 0 saturated heterocycles. The molecule has 7 heteroatoms. The molecule has 2 amide bonds. The molecule has 7 nitrogen and oxygen atoms in total. The minimum atomic E-state index is -0.474. The monoisotopic (exact) mass is 317 g/mol. The van der Waals surface area contributed by atoms with E-state index in [0.29, 0.717) is 26.2 Å². The lowest BCUT2D eigenvalue weighted by molar-refractivity contribution is -0.119. The van der Waals surface area contributed by atoms with Crippen LogP contribution < -0.4 is 10.6 Å². The van der Waals surface area contributed by atoms with Crippen molar-refractivity contribution in [2.45, 2.75) is 45.8 Å². The van der Waals surface area contributed by atoms with Crippen LogP contribution >= 0.6 is 0 Å². The summed E-state index contributed by atoms with van der Waals surface area (Å²) in [4.78, 5) is 23.9. The Balaban J connectivity index is 3.70. The molecule has 0 aliphatic rings. The Bertz CT molecular complexity index is 318. The molecule has 0 rings (SSSR count). The van der Waals surface area contributed by atoms with E-state index in [-0.39, 0.29) is 6.10 Å². The van der Waals surface area contributed by atoms with Gasteiger partial charge in [-0.2, -0.15) is 0 Å². The summed E-state index contributed by atoms with van der Waals surface area (Å²) in [6.07, 6.45) is 1.19. The summed E-state index contributed by atoms with van der Waals surface area (Å²) < 4.78 is 10.5. The van der Waals surface area contributed by atoms with Gasteiger partial charge < -0.3 is 25.0 Å². The zero-order chi connectivity index (χ0) is 17.0. The van der Waals surface area contributed by atoms with E-state index in [9.17, 15) is 9.59 Å². The van der Waals surface area contributed by atoms with Crippen LogP contribution in [0.3, 0.4) is 0 Å². The molecule has 0 saturated carbocycles. The number of alkyl carbamates (subject to hydrolysis) is 1. The number of nitrogens with one attached hydrogen (secondary N) is 2. The van der Waals surface area contributed by atoms with Crippen LogP contribution in [0.2, 0.25) is 0 Å². The fourth-order valence-corrected chi connectivity index (χ4v) is 1.71. The van der Waals surface area contributed by atoms with E-state index in [4.69, 9.17) is 9.47 Å². The van der Waals surface area contributed by atoms with Gasteiger partial charge in [0.2, 0.25) is 6.41 Å². The van der Waals surface area contributed by atoms with E-state index in [1.165, 1.54) is 0 Å². The van der Waals surface area contributed by atoms with Crippen molar-refractivity contribution in [2.75, 3.05) is 39.8 Å². The number of amides is 2. The number of carbonyl (C=O) groups is 2. The van der Waals surface area contributed by atoms with Crippen LogP contribution in [-0.4, -0.2) is 68.9 Å². The van der Waals surface area contributed by atoms with Crippen molar-refractivity contribution in [3.63, 3.8) is 0 Å². The largest absolute Gasteiger partial charge is 0.444 e. The van der Waals surface area contributed by atoms with Gasteiger partial charge in [-0.25, -0.2) is 4.79 Å². The Morgan fingerprint density at radius 2 is 2.00 bits per heavy atom. The van der Waals surface area contributed by atoms with Crippen LogP contribution in [0, 0.1) is 0 Å². The molecule has 0 heterocycles. The molecule has 0 radical (unpaired) electrons. The highest BCUT2D eigenvalue weighted by Gasteiger charge is 2.15. The molecule has 0 unspecified atom stereocenters. The third kappa shape index (κ3) is 11.3. The third-order valence-electron chi connectivity index (χ3n) is 2.90. The van der Waals surface area contributed by atoms with Gasteiger partial charge in [-0.3, -0.25) is 4.79 Å². The highest BCUT2D eigenvalue weighted by Crippen LogP contribution is 2.06. The summed E-state index contributed by atoms with van der Waals surface area (Å²) in [6, 6.07) is 0. The maximum Gasteiger partial charge on any atom is 0.407 e. The van der Waals surface area contributed by atoms with Gasteiger partial charge in [-0.1, -0.05) is 0 Å². The number of ether oxygens (including phenoxy) is 2. The molecular weight excluding hydrogens is 286 g/mol. The molecule has 0 spiro atoms. The summed E-state index contributed by atoms with van der Waals surface area (Å²) >= 11 is 0. The normalized spacial score (nSPS) is 12.6. The standard InChI is InChI=1S/C15H31N3O4/c1-6-18(12-19)11-13(21-5)10-16-8-7-9-17-14(20)22-15(2,3)4/h12-13,16H,6-11H2,1-5H3,(H,17,20)/t13-/m0/s1. The molecule has 0 aromatic carbocycles. The van der Waals surface area contributed by atoms with Gasteiger partial charge >= 0.3 is 6.09 Å². The summed E-state index contributed by atoms with van der Waals surface area (Å²) in [6.45, 7) is 10.6. The van der Waals surface area contributed by atoms with Crippen LogP contribution in [0.5, 0.6) is 0 Å². The first-order valence-electron chi connectivity index (χ1n) is 7.72. The maximum atomic E-state index is 11.4. The second kappa shape index (κ2) is 11.3. The lowest BCUT2D eigenvalue weighted by Gasteiger charge is -2.22. The fourth-order valence-electron chi connectivity index (χ4n) is 1.71. The van der Waals surface area contributed by atoms with E-state index in [0.717, 1.165) is 19.4 Å². The van der Waals surface area contributed by atoms with E-state index < -0.39 is 11.7 Å². The summed E-state index contributed by atoms with van der Waals surface area (Å²) in [5.41, 5.74) is -0.474. The van der Waals surface area contributed by atoms with Crippen LogP contribution in [0.15, 0.2) is 0 Å². The van der Waals surface area contributed by atoms with E-state index >= 15 is 0 Å². The third-order valence-corrected chi connectivity index (χ3v) is 2.90. The first kappa shape index (κ1) is 20.7. The Morgan fingerprint density at radius 1 is 1.32 bits per heavy atom. The molecule has 2 N–H and O–H groups in total. The van der Waals surface area contributed by atoms with Gasteiger partial charge in [0.25, 0.3) is 0 Å². The molecule has 0 fully saturated rings. The second-order valence-electron chi connectivity index (χ2n) is 6.04. The van der Waals surface area contributed by atoms with Crippen molar-refractivity contribution in [3.8, 4) is 0 Å². The van der Waals surface area contributed by atoms with Gasteiger partial charge in [-0.05, 0) is 40.7 Å². The molecule has 1 atom stereocenters. The van der Waals surface area contributed by atoms with Crippen molar-refractivity contribution in [1.82, 2.24) is 15.5 Å². The van der Waals surface area contributed by atoms with Crippen molar-refractivity contribution in [3.05, 3.63) is 0 Å². The smallest absolute Gasteiger partial charge is 0.407 e. The Labute approximate surface area is 133 Å². The number of nitrogens with zero attached hydrogens (tertiary/aromatic N) is 1. The summed E-state index contributed by atoms with van der Waals surface area (Å²) in [7, 11) is 1.63. The van der Waals surface area contributed by atoms with Crippen LogP contribution in [-0.2, 0) is 14.3 Å². The number of likely N-dealkylation sites (N-methyl/N-ethyl adjacent to an activating group) is 1. The quantitative estimate of drug-likeness (QED) is 0.439.